The molecule has 0 radical (unpaired) electrons. The minimum atomic E-state index is -1.40. The molecule has 5 nitrogen and oxygen atoms in total. The number of aliphatic hydroxyl groups is 2. The first-order valence-corrected chi connectivity index (χ1v) is 10.0. The Morgan fingerprint density at radius 3 is 2.61 bits per heavy atom. The van der Waals surface area contributed by atoms with Crippen molar-refractivity contribution in [3.05, 3.63) is 69.7 Å². The SMILES string of the molecule is O=C(c1ccc(Cl)cc1)N1CC[C@@H](O)[C@](O)(CNCCc2ccccc2Cl)C1. The number of nitrogens with zero attached hydrogens (tertiary/aromatic N) is 1. The molecule has 0 spiro atoms. The van der Waals surface area contributed by atoms with Crippen molar-refractivity contribution in [1.82, 2.24) is 10.2 Å². The highest BCUT2D eigenvalue weighted by atomic mass is 35.5. The number of amides is 1. The molecule has 0 aliphatic carbocycles. The summed E-state index contributed by atoms with van der Waals surface area (Å²) in [6, 6.07) is 14.3. The molecule has 0 saturated carbocycles. The number of aliphatic hydroxyl groups excluding tert-OH is 1. The Balaban J connectivity index is 1.57. The van der Waals surface area contributed by atoms with Gasteiger partial charge in [0.2, 0.25) is 0 Å². The van der Waals surface area contributed by atoms with Crippen LogP contribution in [0.1, 0.15) is 22.3 Å². The first-order chi connectivity index (χ1) is 13.4. The number of carbonyl (C=O) groups excluding carboxylic acids is 1. The van der Waals surface area contributed by atoms with Crippen LogP contribution >= 0.6 is 23.2 Å². The summed E-state index contributed by atoms with van der Waals surface area (Å²) in [6.45, 7) is 1.24. The van der Waals surface area contributed by atoms with E-state index in [0.29, 0.717) is 41.5 Å². The average molecular weight is 423 g/mol. The van der Waals surface area contributed by atoms with Crippen molar-refractivity contribution in [2.75, 3.05) is 26.2 Å². The van der Waals surface area contributed by atoms with E-state index in [1.807, 2.05) is 24.3 Å². The number of β-amino-alcohol motifs (C(OH)–C–C–N with tert-alkyl or cyclic N) is 1. The summed E-state index contributed by atoms with van der Waals surface area (Å²) in [6.07, 6.45) is 0.135. The quantitative estimate of drug-likeness (QED) is 0.625. The fourth-order valence-electron chi connectivity index (χ4n) is 3.41. The molecule has 2 aromatic carbocycles. The van der Waals surface area contributed by atoms with Crippen molar-refractivity contribution in [3.63, 3.8) is 0 Å². The maximum Gasteiger partial charge on any atom is 0.253 e. The van der Waals surface area contributed by atoms with Gasteiger partial charge in [0.05, 0.1) is 12.6 Å². The van der Waals surface area contributed by atoms with E-state index in [0.717, 1.165) is 5.56 Å². The van der Waals surface area contributed by atoms with Crippen LogP contribution in [0.3, 0.4) is 0 Å². The Kier molecular flexibility index (Phi) is 6.96. The van der Waals surface area contributed by atoms with Gasteiger partial charge in [0, 0.05) is 28.7 Å². The van der Waals surface area contributed by atoms with Gasteiger partial charge in [0.25, 0.3) is 5.91 Å². The Morgan fingerprint density at radius 1 is 1.18 bits per heavy atom. The highest BCUT2D eigenvalue weighted by molar-refractivity contribution is 6.31. The molecule has 1 amide bonds. The topological polar surface area (TPSA) is 72.8 Å². The summed E-state index contributed by atoms with van der Waals surface area (Å²) in [7, 11) is 0. The molecule has 3 N–H and O–H groups in total. The molecule has 1 heterocycles. The van der Waals surface area contributed by atoms with Crippen molar-refractivity contribution < 1.29 is 15.0 Å². The van der Waals surface area contributed by atoms with Gasteiger partial charge in [-0.25, -0.2) is 0 Å². The van der Waals surface area contributed by atoms with E-state index in [4.69, 9.17) is 23.2 Å². The van der Waals surface area contributed by atoms with E-state index >= 15 is 0 Å². The first kappa shape index (κ1) is 21.1. The maximum absolute atomic E-state index is 12.7. The largest absolute Gasteiger partial charge is 0.390 e. The number of hydrogen-bond acceptors (Lipinski definition) is 4. The average Bonchev–Trinajstić information content (AvgIpc) is 2.69. The van der Waals surface area contributed by atoms with Gasteiger partial charge in [0.1, 0.15) is 5.60 Å². The molecule has 28 heavy (non-hydrogen) atoms. The van der Waals surface area contributed by atoms with Gasteiger partial charge < -0.3 is 20.4 Å². The third kappa shape index (κ3) is 5.04. The molecule has 2 aromatic rings. The highest BCUT2D eigenvalue weighted by Crippen LogP contribution is 2.23. The summed E-state index contributed by atoms with van der Waals surface area (Å²) < 4.78 is 0. The minimum Gasteiger partial charge on any atom is -0.390 e. The second-order valence-electron chi connectivity index (χ2n) is 7.16. The Labute approximate surface area is 174 Å². The lowest BCUT2D eigenvalue weighted by molar-refractivity contribution is -0.111. The summed E-state index contributed by atoms with van der Waals surface area (Å²) in [4.78, 5) is 14.3. The number of likely N-dealkylation sites (tertiary alicyclic amines) is 1. The molecule has 1 aliphatic heterocycles. The summed E-state index contributed by atoms with van der Waals surface area (Å²) in [5.41, 5.74) is 0.128. The molecule has 7 heteroatoms. The lowest BCUT2D eigenvalue weighted by atomic mass is 9.89. The van der Waals surface area contributed by atoms with Gasteiger partial charge >= 0.3 is 0 Å². The first-order valence-electron chi connectivity index (χ1n) is 9.28. The Hall–Kier alpha value is -1.63. The van der Waals surface area contributed by atoms with Crippen molar-refractivity contribution in [2.24, 2.45) is 0 Å². The number of nitrogens with one attached hydrogen (secondary N) is 1. The molecular weight excluding hydrogens is 399 g/mol. The van der Waals surface area contributed by atoms with Crippen LogP contribution in [0.5, 0.6) is 0 Å². The van der Waals surface area contributed by atoms with E-state index in [9.17, 15) is 15.0 Å². The fourth-order valence-corrected chi connectivity index (χ4v) is 3.77. The van der Waals surface area contributed by atoms with Gasteiger partial charge in [-0.3, -0.25) is 4.79 Å². The normalized spacial score (nSPS) is 22.3. The number of hydrogen-bond donors (Lipinski definition) is 3. The molecule has 3 rings (SSSR count). The van der Waals surface area contributed by atoms with Crippen LogP contribution in [-0.2, 0) is 6.42 Å². The number of carbonyl (C=O) groups is 1. The third-order valence-electron chi connectivity index (χ3n) is 5.10. The summed E-state index contributed by atoms with van der Waals surface area (Å²) >= 11 is 12.0. The van der Waals surface area contributed by atoms with Gasteiger partial charge in [0.15, 0.2) is 0 Å². The van der Waals surface area contributed by atoms with Crippen molar-refractivity contribution in [3.8, 4) is 0 Å². The zero-order chi connectivity index (χ0) is 20.1. The van der Waals surface area contributed by atoms with Crippen molar-refractivity contribution >= 4 is 29.1 Å². The van der Waals surface area contributed by atoms with Gasteiger partial charge in [-0.1, -0.05) is 41.4 Å². The highest BCUT2D eigenvalue weighted by Gasteiger charge is 2.42. The zero-order valence-electron chi connectivity index (χ0n) is 15.4. The predicted octanol–water partition coefficient (Wildman–Crippen LogP) is 2.76. The van der Waals surface area contributed by atoms with Crippen LogP contribution in [0.4, 0.5) is 0 Å². The molecule has 0 aromatic heterocycles. The Morgan fingerprint density at radius 2 is 1.89 bits per heavy atom. The van der Waals surface area contributed by atoms with Crippen molar-refractivity contribution in [1.29, 1.82) is 0 Å². The van der Waals surface area contributed by atoms with Crippen LogP contribution in [-0.4, -0.2) is 58.9 Å². The number of piperidine rings is 1. The molecule has 0 unspecified atom stereocenters. The number of rotatable bonds is 6. The molecule has 1 saturated heterocycles. The van der Waals surface area contributed by atoms with Crippen LogP contribution in [0.2, 0.25) is 10.0 Å². The van der Waals surface area contributed by atoms with Gasteiger partial charge in [-0.05, 0) is 55.3 Å². The van der Waals surface area contributed by atoms with Crippen LogP contribution in [0.25, 0.3) is 0 Å². The van der Waals surface area contributed by atoms with Crippen molar-refractivity contribution in [2.45, 2.75) is 24.5 Å². The summed E-state index contributed by atoms with van der Waals surface area (Å²) in [5.74, 6) is -0.182. The van der Waals surface area contributed by atoms with E-state index in [2.05, 4.69) is 5.32 Å². The lowest BCUT2D eigenvalue weighted by Gasteiger charge is -2.42. The molecule has 2 atom stereocenters. The maximum atomic E-state index is 12.7. The predicted molar refractivity (Wildman–Crippen MR) is 111 cm³/mol. The number of benzene rings is 2. The molecular formula is C21H24Cl2N2O3. The second kappa shape index (κ2) is 9.25. The smallest absolute Gasteiger partial charge is 0.253 e. The molecule has 1 fully saturated rings. The molecule has 0 bridgehead atoms. The van der Waals surface area contributed by atoms with E-state index in [1.165, 1.54) is 0 Å². The van der Waals surface area contributed by atoms with Gasteiger partial charge in [-0.15, -0.1) is 0 Å². The monoisotopic (exact) mass is 422 g/mol. The number of halogens is 2. The van der Waals surface area contributed by atoms with Gasteiger partial charge in [-0.2, -0.15) is 0 Å². The fraction of sp³-hybridized carbons (Fsp3) is 0.381. The summed E-state index contributed by atoms with van der Waals surface area (Å²) in [5, 5.41) is 25.7. The standard InChI is InChI=1S/C21H24Cl2N2O3/c22-17-7-5-16(6-8-17)20(27)25-12-10-19(26)21(28,14-25)13-24-11-9-15-3-1-2-4-18(15)23/h1-8,19,24,26,28H,9-14H2/t19-,21+/m1/s1. The van der Waals surface area contributed by atoms with E-state index in [1.54, 1.807) is 29.2 Å². The van der Waals surface area contributed by atoms with E-state index < -0.39 is 11.7 Å². The van der Waals surface area contributed by atoms with E-state index in [-0.39, 0.29) is 19.0 Å². The zero-order valence-corrected chi connectivity index (χ0v) is 17.0. The van der Waals surface area contributed by atoms with Crippen LogP contribution in [0.15, 0.2) is 48.5 Å². The Bertz CT molecular complexity index is 816. The third-order valence-corrected chi connectivity index (χ3v) is 5.72. The molecule has 1 aliphatic rings. The molecule has 150 valence electrons. The minimum absolute atomic E-state index is 0.0642. The van der Waals surface area contributed by atoms with Crippen LogP contribution in [0, 0.1) is 0 Å². The lowest BCUT2D eigenvalue weighted by Crippen LogP contribution is -2.62. The second-order valence-corrected chi connectivity index (χ2v) is 8.00. The van der Waals surface area contributed by atoms with Crippen LogP contribution < -0.4 is 5.32 Å².